The van der Waals surface area contributed by atoms with Gasteiger partial charge in [-0.15, -0.1) is 0 Å². The number of ether oxygens (including phenoxy) is 1. The fourth-order valence-electron chi connectivity index (χ4n) is 1.87. The van der Waals surface area contributed by atoms with Gasteiger partial charge in [-0.25, -0.2) is 0 Å². The highest BCUT2D eigenvalue weighted by atomic mass is 16.5. The van der Waals surface area contributed by atoms with Gasteiger partial charge in [0.25, 0.3) is 0 Å². The standard InChI is InChI=1S/C14H21NO/c1-4-10(2)14-9-13(8-11(3)15-14)16-12-6-5-7-12/h8-10,12H,4-7H2,1-3H3. The quantitative estimate of drug-likeness (QED) is 0.767. The van der Waals surface area contributed by atoms with E-state index in [-0.39, 0.29) is 0 Å². The van der Waals surface area contributed by atoms with Crippen LogP contribution >= 0.6 is 0 Å². The maximum absolute atomic E-state index is 5.93. The molecule has 88 valence electrons. The highest BCUT2D eigenvalue weighted by molar-refractivity contribution is 5.28. The smallest absolute Gasteiger partial charge is 0.123 e. The topological polar surface area (TPSA) is 22.1 Å². The van der Waals surface area contributed by atoms with Crippen LogP contribution in [0.1, 0.15) is 56.8 Å². The molecule has 0 amide bonds. The van der Waals surface area contributed by atoms with Gasteiger partial charge in [0.05, 0.1) is 6.10 Å². The normalized spacial score (nSPS) is 17.9. The van der Waals surface area contributed by atoms with E-state index >= 15 is 0 Å². The Labute approximate surface area is 98.0 Å². The lowest BCUT2D eigenvalue weighted by molar-refractivity contribution is 0.120. The number of pyridine rings is 1. The molecule has 0 N–H and O–H groups in total. The molecule has 2 heteroatoms. The average Bonchev–Trinajstić information content (AvgIpc) is 2.21. The molecule has 0 spiro atoms. The molecule has 0 aliphatic heterocycles. The Balaban J connectivity index is 2.14. The van der Waals surface area contributed by atoms with E-state index in [1.165, 1.54) is 19.3 Å². The van der Waals surface area contributed by atoms with Gasteiger partial charge in [-0.3, -0.25) is 4.98 Å². The molecular formula is C14H21NO. The lowest BCUT2D eigenvalue weighted by Crippen LogP contribution is -2.24. The van der Waals surface area contributed by atoms with Crippen LogP contribution in [-0.4, -0.2) is 11.1 Å². The van der Waals surface area contributed by atoms with Crippen LogP contribution in [0.3, 0.4) is 0 Å². The number of hydrogen-bond donors (Lipinski definition) is 0. The molecule has 1 unspecified atom stereocenters. The van der Waals surface area contributed by atoms with Gasteiger partial charge in [0.15, 0.2) is 0 Å². The Hall–Kier alpha value is -1.05. The Morgan fingerprint density at radius 3 is 2.75 bits per heavy atom. The fraction of sp³-hybridized carbons (Fsp3) is 0.643. The van der Waals surface area contributed by atoms with E-state index < -0.39 is 0 Å². The van der Waals surface area contributed by atoms with Crippen molar-refractivity contribution in [2.45, 2.75) is 58.5 Å². The summed E-state index contributed by atoms with van der Waals surface area (Å²) in [5.74, 6) is 1.52. The van der Waals surface area contributed by atoms with Gasteiger partial charge in [0, 0.05) is 23.5 Å². The molecule has 1 aromatic heterocycles. The van der Waals surface area contributed by atoms with Gasteiger partial charge < -0.3 is 4.74 Å². The van der Waals surface area contributed by atoms with Crippen molar-refractivity contribution < 1.29 is 4.74 Å². The van der Waals surface area contributed by atoms with E-state index in [9.17, 15) is 0 Å². The van der Waals surface area contributed by atoms with Crippen LogP contribution in [-0.2, 0) is 0 Å². The summed E-state index contributed by atoms with van der Waals surface area (Å²) in [6.45, 7) is 6.45. The van der Waals surface area contributed by atoms with Gasteiger partial charge in [0.2, 0.25) is 0 Å². The lowest BCUT2D eigenvalue weighted by atomic mass is 9.96. The van der Waals surface area contributed by atoms with Gasteiger partial charge in [-0.1, -0.05) is 13.8 Å². The Bertz CT molecular complexity index is 358. The molecule has 1 aliphatic carbocycles. The molecule has 1 atom stereocenters. The van der Waals surface area contributed by atoms with Crippen molar-refractivity contribution >= 4 is 0 Å². The summed E-state index contributed by atoms with van der Waals surface area (Å²) in [5.41, 5.74) is 2.23. The van der Waals surface area contributed by atoms with Crippen LogP contribution in [0.25, 0.3) is 0 Å². The first-order valence-corrected chi connectivity index (χ1v) is 6.34. The van der Waals surface area contributed by atoms with Crippen LogP contribution in [0.5, 0.6) is 5.75 Å². The second kappa shape index (κ2) is 4.86. The van der Waals surface area contributed by atoms with Crippen LogP contribution in [0.2, 0.25) is 0 Å². The van der Waals surface area contributed by atoms with Gasteiger partial charge in [-0.2, -0.15) is 0 Å². The number of hydrogen-bond acceptors (Lipinski definition) is 2. The van der Waals surface area contributed by atoms with E-state index in [0.29, 0.717) is 12.0 Å². The van der Waals surface area contributed by atoms with Crippen LogP contribution in [0.4, 0.5) is 0 Å². The van der Waals surface area contributed by atoms with Crippen molar-refractivity contribution in [3.63, 3.8) is 0 Å². The van der Waals surface area contributed by atoms with E-state index in [2.05, 4.69) is 24.9 Å². The summed E-state index contributed by atoms with van der Waals surface area (Å²) in [7, 11) is 0. The van der Waals surface area contributed by atoms with E-state index in [0.717, 1.165) is 23.6 Å². The maximum Gasteiger partial charge on any atom is 0.123 e. The van der Waals surface area contributed by atoms with Crippen LogP contribution in [0, 0.1) is 6.92 Å². The van der Waals surface area contributed by atoms with Crippen molar-refractivity contribution in [2.75, 3.05) is 0 Å². The van der Waals surface area contributed by atoms with E-state index in [4.69, 9.17) is 4.74 Å². The lowest BCUT2D eigenvalue weighted by Gasteiger charge is -2.26. The van der Waals surface area contributed by atoms with Crippen molar-refractivity contribution in [3.8, 4) is 5.75 Å². The first-order valence-electron chi connectivity index (χ1n) is 6.34. The largest absolute Gasteiger partial charge is 0.490 e. The molecule has 0 radical (unpaired) electrons. The minimum atomic E-state index is 0.451. The molecule has 1 saturated carbocycles. The van der Waals surface area contributed by atoms with Crippen molar-refractivity contribution in [3.05, 3.63) is 23.5 Å². The summed E-state index contributed by atoms with van der Waals surface area (Å²) in [5, 5.41) is 0. The molecule has 0 aromatic carbocycles. The minimum absolute atomic E-state index is 0.451. The maximum atomic E-state index is 5.93. The Morgan fingerprint density at radius 2 is 2.19 bits per heavy atom. The Kier molecular flexibility index (Phi) is 3.47. The molecule has 1 heterocycles. The summed E-state index contributed by atoms with van der Waals surface area (Å²) in [6, 6.07) is 4.16. The second-order valence-electron chi connectivity index (χ2n) is 4.85. The SMILES string of the molecule is CCC(C)c1cc(OC2CCC2)cc(C)n1. The van der Waals surface area contributed by atoms with Crippen LogP contribution < -0.4 is 4.74 Å². The highest BCUT2D eigenvalue weighted by Crippen LogP contribution is 2.27. The highest BCUT2D eigenvalue weighted by Gasteiger charge is 2.19. The molecule has 1 fully saturated rings. The molecule has 2 rings (SSSR count). The third-order valence-electron chi connectivity index (χ3n) is 3.42. The molecule has 1 aliphatic rings. The zero-order valence-corrected chi connectivity index (χ0v) is 10.5. The van der Waals surface area contributed by atoms with Crippen molar-refractivity contribution in [1.29, 1.82) is 0 Å². The summed E-state index contributed by atoms with van der Waals surface area (Å²) in [6.07, 6.45) is 5.30. The second-order valence-corrected chi connectivity index (χ2v) is 4.85. The third kappa shape index (κ3) is 2.55. The molecule has 16 heavy (non-hydrogen) atoms. The van der Waals surface area contributed by atoms with Crippen LogP contribution in [0.15, 0.2) is 12.1 Å². The Morgan fingerprint density at radius 1 is 1.44 bits per heavy atom. The van der Waals surface area contributed by atoms with Gasteiger partial charge >= 0.3 is 0 Å². The summed E-state index contributed by atoms with van der Waals surface area (Å²) >= 11 is 0. The first kappa shape index (κ1) is 11.4. The van der Waals surface area contributed by atoms with E-state index in [1.807, 2.05) is 13.0 Å². The zero-order chi connectivity index (χ0) is 11.5. The number of rotatable bonds is 4. The first-order chi connectivity index (χ1) is 7.69. The summed E-state index contributed by atoms with van der Waals surface area (Å²) < 4.78 is 5.93. The van der Waals surface area contributed by atoms with Crippen molar-refractivity contribution in [1.82, 2.24) is 4.98 Å². The summed E-state index contributed by atoms with van der Waals surface area (Å²) in [4.78, 5) is 4.58. The predicted molar refractivity (Wildman–Crippen MR) is 65.9 cm³/mol. The molecule has 0 saturated heterocycles. The predicted octanol–water partition coefficient (Wildman–Crippen LogP) is 3.83. The average molecular weight is 219 g/mol. The van der Waals surface area contributed by atoms with Gasteiger partial charge in [-0.05, 0) is 38.5 Å². The number of aromatic nitrogens is 1. The van der Waals surface area contributed by atoms with E-state index in [1.54, 1.807) is 0 Å². The van der Waals surface area contributed by atoms with Crippen molar-refractivity contribution in [2.24, 2.45) is 0 Å². The van der Waals surface area contributed by atoms with Gasteiger partial charge in [0.1, 0.15) is 5.75 Å². The molecule has 2 nitrogen and oxygen atoms in total. The molecule has 0 bridgehead atoms. The zero-order valence-electron chi connectivity index (χ0n) is 10.5. The number of nitrogens with zero attached hydrogens (tertiary/aromatic N) is 1. The molecule has 1 aromatic rings. The number of aryl methyl sites for hydroxylation is 1. The monoisotopic (exact) mass is 219 g/mol. The fourth-order valence-corrected chi connectivity index (χ4v) is 1.87. The third-order valence-corrected chi connectivity index (χ3v) is 3.42. The minimum Gasteiger partial charge on any atom is -0.490 e. The molecular weight excluding hydrogens is 198 g/mol.